The van der Waals surface area contributed by atoms with Gasteiger partial charge in [0.05, 0.1) is 0 Å². The van der Waals surface area contributed by atoms with Crippen LogP contribution >= 0.6 is 0 Å². The number of fused-ring (bicyclic) bond motifs is 19. The summed E-state index contributed by atoms with van der Waals surface area (Å²) in [6, 6.07) is 175. The molecule has 0 aliphatic heterocycles. The number of nitrogens with zero attached hydrogens (tertiary/aromatic N) is 2. The van der Waals surface area contributed by atoms with Crippen molar-refractivity contribution in [1.29, 1.82) is 0 Å². The second-order valence-corrected chi connectivity index (χ2v) is 36.5. The summed E-state index contributed by atoms with van der Waals surface area (Å²) in [5, 5.41) is 14.0. The first kappa shape index (κ1) is 80.1. The van der Waals surface area contributed by atoms with Gasteiger partial charge in [0.15, 0.2) is 0 Å². The Morgan fingerprint density at radius 1 is 0.153 bits per heavy atom. The van der Waals surface area contributed by atoms with Crippen LogP contribution in [-0.4, -0.2) is 0 Å². The summed E-state index contributed by atoms with van der Waals surface area (Å²) >= 11 is 0. The van der Waals surface area contributed by atoms with Gasteiger partial charge in [0.2, 0.25) is 0 Å². The average molecular weight is 1750 g/mol. The monoisotopic (exact) mass is 1750 g/mol. The van der Waals surface area contributed by atoms with Crippen LogP contribution in [0.4, 0.5) is 34.1 Å². The summed E-state index contributed by atoms with van der Waals surface area (Å²) < 4.78 is 25.4. The molecule has 27 rings (SSSR count). The van der Waals surface area contributed by atoms with Crippen molar-refractivity contribution in [2.24, 2.45) is 0 Å². The second-order valence-electron chi connectivity index (χ2n) is 36.5. The van der Waals surface area contributed by atoms with Gasteiger partial charge in [-0.05, 0) is 296 Å². The first-order valence-corrected chi connectivity index (χ1v) is 46.9. The van der Waals surface area contributed by atoms with Gasteiger partial charge in [-0.2, -0.15) is 0 Å². The third kappa shape index (κ3) is 14.3. The Morgan fingerprint density at radius 2 is 0.387 bits per heavy atom. The van der Waals surface area contributed by atoms with Gasteiger partial charge >= 0.3 is 0 Å². The molecule has 6 nitrogen and oxygen atoms in total. The van der Waals surface area contributed by atoms with E-state index >= 15 is 0 Å². The number of anilines is 6. The SMILES string of the molecule is CC1(C)c2cc(-c3ccccc3)ccc2-c2ccc(N(c3ccc(-c4ccc5c(c4)oc4ccc6ccccc6c45)cc3)c3ccc(-c4ccc5c(c4)oc4ccc6ccccc6c45)cc3)cc21.c1ccc(-c2ccc(-c3ccc(N(c4ccc(-c5ccc(-c6ccc7c(c6)oc6ccccc67)cc5)cc4)c4ccc(-c5ccc(-c6ccc7c(c6)oc6ccccc67)cc5)cc4)cc3)cc2)cc1. The molecule has 0 spiro atoms. The summed E-state index contributed by atoms with van der Waals surface area (Å²) in [5.74, 6) is 0. The summed E-state index contributed by atoms with van der Waals surface area (Å²) in [5.41, 5.74) is 39.8. The molecule has 1 aliphatic carbocycles. The number of benzene rings is 22. The van der Waals surface area contributed by atoms with Crippen molar-refractivity contribution in [2.45, 2.75) is 19.3 Å². The highest BCUT2D eigenvalue weighted by Gasteiger charge is 2.37. The minimum Gasteiger partial charge on any atom is -0.456 e. The molecule has 0 fully saturated rings. The van der Waals surface area contributed by atoms with Gasteiger partial charge in [-0.1, -0.05) is 347 Å². The Hall–Kier alpha value is -17.8. The van der Waals surface area contributed by atoms with Crippen LogP contribution in [0.1, 0.15) is 25.0 Å². The zero-order valence-electron chi connectivity index (χ0n) is 75.2. The van der Waals surface area contributed by atoms with Crippen molar-refractivity contribution in [3.8, 4) is 111 Å². The first-order chi connectivity index (χ1) is 67.6. The highest BCUT2D eigenvalue weighted by Crippen LogP contribution is 2.53. The summed E-state index contributed by atoms with van der Waals surface area (Å²) in [7, 11) is 0. The average Bonchev–Trinajstić information content (AvgIpc) is 1.57. The van der Waals surface area contributed by atoms with E-state index in [0.717, 1.165) is 178 Å². The van der Waals surface area contributed by atoms with Crippen LogP contribution in [0.25, 0.3) is 221 Å². The fraction of sp³-hybridized carbons (Fsp3) is 0.0229. The van der Waals surface area contributed by atoms with Gasteiger partial charge in [-0.3, -0.25) is 0 Å². The molecule has 0 unspecified atom stereocenters. The lowest BCUT2D eigenvalue weighted by atomic mass is 9.81. The molecule has 644 valence electrons. The Morgan fingerprint density at radius 3 is 0.759 bits per heavy atom. The standard InChI is InChI=1S/C66H43NO2.C65H43NO2/c1-2-8-44(9-3-1)45-14-16-46(17-15-45)49-26-34-56(35-27-49)67(57-36-28-50(29-37-57)47-18-22-52(23-19-47)54-32-40-61-59-10-4-6-12-63(59)68-65(61)42-54)58-38-30-51(31-39-58)48-20-24-53(25-21-48)55-33-41-62-60-11-5-7-13-64(60)69-66(62)43-55;1-65(2)57-36-45(40-10-4-3-5-11-40)20-30-53(57)54-33-29-50(39-58(54)65)66(48-25-16-41(17-26-48)46-21-31-55-61(37-46)67-59-34-23-43-12-6-8-14-51(43)63(55)59)49-27-18-42(19-28-49)47-22-32-56-62(38-47)68-60-35-24-44-13-7-9-15-52(44)64(56)60/h1-43H;3-39H,1-2H3. The molecule has 26 aromatic rings. The molecule has 0 radical (unpaired) electrons. The maximum Gasteiger partial charge on any atom is 0.136 e. The minimum absolute atomic E-state index is 0.200. The molecule has 4 aromatic heterocycles. The van der Waals surface area contributed by atoms with E-state index in [-0.39, 0.29) is 5.41 Å². The molecule has 0 atom stereocenters. The third-order valence-corrected chi connectivity index (χ3v) is 28.2. The third-order valence-electron chi connectivity index (χ3n) is 28.2. The van der Waals surface area contributed by atoms with E-state index in [9.17, 15) is 0 Å². The van der Waals surface area contributed by atoms with E-state index in [1.165, 1.54) is 88.0 Å². The quantitative estimate of drug-likeness (QED) is 0.102. The molecule has 0 N–H and O–H groups in total. The molecule has 22 aromatic carbocycles. The molecule has 0 saturated heterocycles. The van der Waals surface area contributed by atoms with Gasteiger partial charge in [-0.15, -0.1) is 0 Å². The van der Waals surface area contributed by atoms with Crippen molar-refractivity contribution in [3.05, 3.63) is 496 Å². The van der Waals surface area contributed by atoms with Crippen molar-refractivity contribution < 1.29 is 17.7 Å². The number of hydrogen-bond donors (Lipinski definition) is 0. The lowest BCUT2D eigenvalue weighted by Gasteiger charge is -2.28. The Kier molecular flexibility index (Phi) is 19.2. The van der Waals surface area contributed by atoms with Crippen molar-refractivity contribution >= 4 is 143 Å². The smallest absolute Gasteiger partial charge is 0.136 e. The van der Waals surface area contributed by atoms with Gasteiger partial charge in [0.1, 0.15) is 44.7 Å². The maximum absolute atomic E-state index is 6.48. The van der Waals surface area contributed by atoms with Crippen LogP contribution in [0.15, 0.2) is 503 Å². The number of rotatable bonds is 15. The largest absolute Gasteiger partial charge is 0.456 e. The Labute approximate surface area is 792 Å². The van der Waals surface area contributed by atoms with Crippen molar-refractivity contribution in [2.75, 3.05) is 9.80 Å². The van der Waals surface area contributed by atoms with E-state index in [1.54, 1.807) is 0 Å². The summed E-state index contributed by atoms with van der Waals surface area (Å²) in [6.45, 7) is 4.74. The van der Waals surface area contributed by atoms with Crippen LogP contribution in [-0.2, 0) is 5.41 Å². The van der Waals surface area contributed by atoms with Gasteiger partial charge in [-0.25, -0.2) is 0 Å². The van der Waals surface area contributed by atoms with Gasteiger partial charge in [0, 0.05) is 82.6 Å². The molecule has 137 heavy (non-hydrogen) atoms. The predicted octanol–water partition coefficient (Wildman–Crippen LogP) is 37.5. The van der Waals surface area contributed by atoms with Crippen LogP contribution in [0.2, 0.25) is 0 Å². The lowest BCUT2D eigenvalue weighted by molar-refractivity contribution is 0.660. The fourth-order valence-electron chi connectivity index (χ4n) is 21.0. The molecule has 1 aliphatic rings. The van der Waals surface area contributed by atoms with Crippen molar-refractivity contribution in [3.63, 3.8) is 0 Å². The zero-order chi connectivity index (χ0) is 90.8. The molecule has 4 heterocycles. The van der Waals surface area contributed by atoms with E-state index in [1.807, 2.05) is 24.3 Å². The highest BCUT2D eigenvalue weighted by atomic mass is 16.3. The Bertz CT molecular complexity index is 8770. The van der Waals surface area contributed by atoms with Gasteiger partial charge in [0.25, 0.3) is 0 Å². The fourth-order valence-corrected chi connectivity index (χ4v) is 21.0. The summed E-state index contributed by atoms with van der Waals surface area (Å²) in [4.78, 5) is 4.73. The van der Waals surface area contributed by atoms with Crippen LogP contribution in [0, 0.1) is 0 Å². The predicted molar refractivity (Wildman–Crippen MR) is 573 cm³/mol. The maximum atomic E-state index is 6.48. The second kappa shape index (κ2) is 32.9. The Balaban J connectivity index is 0.000000142. The van der Waals surface area contributed by atoms with E-state index in [4.69, 9.17) is 17.7 Å². The highest BCUT2D eigenvalue weighted by molar-refractivity contribution is 6.21. The molecular weight excluding hydrogens is 1670 g/mol. The molecule has 6 heteroatoms. The van der Waals surface area contributed by atoms with Crippen LogP contribution < -0.4 is 9.80 Å². The van der Waals surface area contributed by atoms with Crippen molar-refractivity contribution in [1.82, 2.24) is 0 Å². The topological polar surface area (TPSA) is 59.0 Å². The zero-order valence-corrected chi connectivity index (χ0v) is 75.2. The van der Waals surface area contributed by atoms with E-state index in [2.05, 4.69) is 485 Å². The number of hydrogen-bond acceptors (Lipinski definition) is 6. The first-order valence-electron chi connectivity index (χ1n) is 46.9. The normalized spacial score (nSPS) is 12.2. The molecular formula is C131H86N2O4. The number of furan rings is 4. The van der Waals surface area contributed by atoms with E-state index in [0.29, 0.717) is 0 Å². The summed E-state index contributed by atoms with van der Waals surface area (Å²) in [6.07, 6.45) is 0. The van der Waals surface area contributed by atoms with Gasteiger partial charge < -0.3 is 27.5 Å². The molecule has 0 saturated carbocycles. The van der Waals surface area contributed by atoms with Crippen LogP contribution in [0.3, 0.4) is 0 Å². The number of para-hydroxylation sites is 2. The molecule has 0 bridgehead atoms. The molecule has 0 amide bonds. The minimum atomic E-state index is -0.200. The lowest BCUT2D eigenvalue weighted by Crippen LogP contribution is -2.16. The van der Waals surface area contributed by atoms with Crippen LogP contribution in [0.5, 0.6) is 0 Å². The van der Waals surface area contributed by atoms with E-state index < -0.39 is 0 Å².